The Labute approximate surface area is 120 Å². The van der Waals surface area contributed by atoms with Crippen LogP contribution < -0.4 is 5.32 Å². The third-order valence-electron chi connectivity index (χ3n) is 2.59. The first-order valence-corrected chi connectivity index (χ1v) is 6.33. The number of anilines is 1. The van der Waals surface area contributed by atoms with Crippen molar-refractivity contribution < 1.29 is 9.90 Å². The number of carbonyl (C=O) groups is 1. The van der Waals surface area contributed by atoms with Gasteiger partial charge in [-0.15, -0.1) is 0 Å². The first-order chi connectivity index (χ1) is 9.06. The standard InChI is InChI=1S/C14H11Cl2NO2/c15-11-4-5-13(12(16)7-11)17-8-9-2-1-3-10(6-9)14(18)19/h1-7,17H,8H2,(H,18,19). The molecule has 0 aliphatic rings. The number of halogens is 2. The van der Waals surface area contributed by atoms with Crippen LogP contribution in [-0.2, 0) is 6.54 Å². The average Bonchev–Trinajstić information content (AvgIpc) is 2.38. The van der Waals surface area contributed by atoms with Gasteiger partial charge in [-0.05, 0) is 35.9 Å². The molecule has 0 amide bonds. The molecular weight excluding hydrogens is 285 g/mol. The molecule has 0 unspecified atom stereocenters. The van der Waals surface area contributed by atoms with Crippen molar-refractivity contribution >= 4 is 34.9 Å². The molecule has 2 aromatic carbocycles. The maximum atomic E-state index is 10.9. The number of hydrogen-bond donors (Lipinski definition) is 2. The van der Waals surface area contributed by atoms with E-state index < -0.39 is 5.97 Å². The van der Waals surface area contributed by atoms with E-state index in [0.717, 1.165) is 11.3 Å². The summed E-state index contributed by atoms with van der Waals surface area (Å²) >= 11 is 11.8. The minimum atomic E-state index is -0.939. The number of rotatable bonds is 4. The molecule has 0 radical (unpaired) electrons. The van der Waals surface area contributed by atoms with Gasteiger partial charge in [0.1, 0.15) is 0 Å². The average molecular weight is 296 g/mol. The molecule has 98 valence electrons. The summed E-state index contributed by atoms with van der Waals surface area (Å²) in [6.45, 7) is 0.489. The van der Waals surface area contributed by atoms with Crippen LogP contribution in [0.4, 0.5) is 5.69 Å². The molecule has 19 heavy (non-hydrogen) atoms. The van der Waals surface area contributed by atoms with Crippen LogP contribution >= 0.6 is 23.2 Å². The number of aromatic carboxylic acids is 1. The summed E-state index contributed by atoms with van der Waals surface area (Å²) < 4.78 is 0. The molecule has 0 aliphatic carbocycles. The highest BCUT2D eigenvalue weighted by molar-refractivity contribution is 6.36. The van der Waals surface area contributed by atoms with Crippen molar-refractivity contribution in [1.82, 2.24) is 0 Å². The van der Waals surface area contributed by atoms with Crippen LogP contribution in [0.1, 0.15) is 15.9 Å². The third-order valence-corrected chi connectivity index (χ3v) is 3.14. The number of carboxylic acids is 1. The van der Waals surface area contributed by atoms with Crippen molar-refractivity contribution in [2.24, 2.45) is 0 Å². The number of nitrogens with one attached hydrogen (secondary N) is 1. The first-order valence-electron chi connectivity index (χ1n) is 5.57. The fourth-order valence-corrected chi connectivity index (χ4v) is 2.12. The molecule has 5 heteroatoms. The van der Waals surface area contributed by atoms with Gasteiger partial charge in [0, 0.05) is 11.6 Å². The minimum Gasteiger partial charge on any atom is -0.478 e. The normalized spacial score (nSPS) is 10.2. The van der Waals surface area contributed by atoms with E-state index in [2.05, 4.69) is 5.32 Å². The highest BCUT2D eigenvalue weighted by Gasteiger charge is 2.04. The van der Waals surface area contributed by atoms with E-state index in [-0.39, 0.29) is 5.56 Å². The number of benzene rings is 2. The molecule has 0 saturated heterocycles. The lowest BCUT2D eigenvalue weighted by atomic mass is 10.1. The van der Waals surface area contributed by atoms with Gasteiger partial charge in [0.05, 0.1) is 16.3 Å². The molecule has 0 spiro atoms. The quantitative estimate of drug-likeness (QED) is 0.884. The molecule has 0 heterocycles. The van der Waals surface area contributed by atoms with E-state index in [9.17, 15) is 4.79 Å². The topological polar surface area (TPSA) is 49.3 Å². The van der Waals surface area contributed by atoms with Gasteiger partial charge in [-0.1, -0.05) is 35.3 Å². The summed E-state index contributed by atoms with van der Waals surface area (Å²) in [7, 11) is 0. The van der Waals surface area contributed by atoms with Gasteiger partial charge in [0.25, 0.3) is 0 Å². The molecule has 2 aromatic rings. The molecule has 0 aromatic heterocycles. The molecule has 0 bridgehead atoms. The lowest BCUT2D eigenvalue weighted by Crippen LogP contribution is -2.02. The van der Waals surface area contributed by atoms with Gasteiger partial charge in [-0.2, -0.15) is 0 Å². The van der Waals surface area contributed by atoms with E-state index in [1.54, 1.807) is 36.4 Å². The molecule has 0 aliphatic heterocycles. The molecule has 3 nitrogen and oxygen atoms in total. The zero-order valence-electron chi connectivity index (χ0n) is 9.86. The van der Waals surface area contributed by atoms with Crippen LogP contribution in [0, 0.1) is 0 Å². The van der Waals surface area contributed by atoms with Gasteiger partial charge in [-0.25, -0.2) is 4.79 Å². The third kappa shape index (κ3) is 3.63. The van der Waals surface area contributed by atoms with E-state index >= 15 is 0 Å². The van der Waals surface area contributed by atoms with E-state index in [4.69, 9.17) is 28.3 Å². The smallest absolute Gasteiger partial charge is 0.335 e. The van der Waals surface area contributed by atoms with Crippen molar-refractivity contribution in [3.05, 3.63) is 63.6 Å². The van der Waals surface area contributed by atoms with Crippen molar-refractivity contribution in [2.75, 3.05) is 5.32 Å². The molecule has 0 fully saturated rings. The zero-order valence-corrected chi connectivity index (χ0v) is 11.4. The fourth-order valence-electron chi connectivity index (χ4n) is 1.64. The monoisotopic (exact) mass is 295 g/mol. The molecule has 0 atom stereocenters. The van der Waals surface area contributed by atoms with Crippen LogP contribution in [0.2, 0.25) is 10.0 Å². The van der Waals surface area contributed by atoms with Gasteiger partial charge >= 0.3 is 5.97 Å². The number of carboxylic acid groups (broad SMARTS) is 1. The second-order valence-corrected chi connectivity index (χ2v) is 4.83. The van der Waals surface area contributed by atoms with Crippen molar-refractivity contribution in [1.29, 1.82) is 0 Å². The van der Waals surface area contributed by atoms with Gasteiger partial charge in [0.2, 0.25) is 0 Å². The summed E-state index contributed by atoms with van der Waals surface area (Å²) in [5.41, 5.74) is 1.89. The number of hydrogen-bond acceptors (Lipinski definition) is 2. The molecule has 2 N–H and O–H groups in total. The minimum absolute atomic E-state index is 0.265. The lowest BCUT2D eigenvalue weighted by molar-refractivity contribution is 0.0697. The van der Waals surface area contributed by atoms with Crippen molar-refractivity contribution in [2.45, 2.75) is 6.54 Å². The van der Waals surface area contributed by atoms with E-state index in [1.165, 1.54) is 0 Å². The Kier molecular flexibility index (Phi) is 4.30. The highest BCUT2D eigenvalue weighted by atomic mass is 35.5. The van der Waals surface area contributed by atoms with Crippen LogP contribution in [0.15, 0.2) is 42.5 Å². The van der Waals surface area contributed by atoms with Gasteiger partial charge < -0.3 is 10.4 Å². The summed E-state index contributed by atoms with van der Waals surface area (Å²) in [6.07, 6.45) is 0. The van der Waals surface area contributed by atoms with Crippen molar-refractivity contribution in [3.8, 4) is 0 Å². The van der Waals surface area contributed by atoms with Gasteiger partial charge in [0.15, 0.2) is 0 Å². The van der Waals surface area contributed by atoms with E-state index in [1.807, 2.05) is 6.07 Å². The van der Waals surface area contributed by atoms with Crippen LogP contribution in [0.5, 0.6) is 0 Å². The first kappa shape index (κ1) is 13.7. The van der Waals surface area contributed by atoms with Gasteiger partial charge in [-0.3, -0.25) is 0 Å². The predicted molar refractivity (Wildman–Crippen MR) is 77.2 cm³/mol. The largest absolute Gasteiger partial charge is 0.478 e. The Balaban J connectivity index is 2.10. The fraction of sp³-hybridized carbons (Fsp3) is 0.0714. The summed E-state index contributed by atoms with van der Waals surface area (Å²) in [5, 5.41) is 13.2. The SMILES string of the molecule is O=C(O)c1cccc(CNc2ccc(Cl)cc2Cl)c1. The summed E-state index contributed by atoms with van der Waals surface area (Å²) in [6, 6.07) is 11.9. The van der Waals surface area contributed by atoms with Crippen LogP contribution in [-0.4, -0.2) is 11.1 Å². The second-order valence-electron chi connectivity index (χ2n) is 3.98. The highest BCUT2D eigenvalue weighted by Crippen LogP contribution is 2.25. The summed E-state index contributed by atoms with van der Waals surface area (Å²) in [4.78, 5) is 10.9. The predicted octanol–water partition coefficient (Wildman–Crippen LogP) is 4.30. The van der Waals surface area contributed by atoms with Crippen molar-refractivity contribution in [3.63, 3.8) is 0 Å². The maximum Gasteiger partial charge on any atom is 0.335 e. The summed E-state index contributed by atoms with van der Waals surface area (Å²) in [5.74, 6) is -0.939. The molecule has 2 rings (SSSR count). The molecular formula is C14H11Cl2NO2. The Bertz CT molecular complexity index is 614. The van der Waals surface area contributed by atoms with Crippen LogP contribution in [0.3, 0.4) is 0 Å². The Morgan fingerprint density at radius 1 is 1.16 bits per heavy atom. The van der Waals surface area contributed by atoms with E-state index in [0.29, 0.717) is 16.6 Å². The zero-order chi connectivity index (χ0) is 13.8. The Hall–Kier alpha value is -1.71. The Morgan fingerprint density at radius 3 is 2.63 bits per heavy atom. The second kappa shape index (κ2) is 5.95. The maximum absolute atomic E-state index is 10.9. The molecule has 0 saturated carbocycles. The van der Waals surface area contributed by atoms with Crippen LogP contribution in [0.25, 0.3) is 0 Å². The lowest BCUT2D eigenvalue weighted by Gasteiger charge is -2.09. The Morgan fingerprint density at radius 2 is 1.95 bits per heavy atom.